The second-order valence-corrected chi connectivity index (χ2v) is 6.15. The Hall–Kier alpha value is -2.44. The SMILES string of the molecule is O=C(Nc1nc2ccccc2s1)c1cn2cc(Cl)ccc2n1. The number of nitrogens with one attached hydrogen (secondary N) is 1. The molecule has 0 aliphatic carbocycles. The Kier molecular flexibility index (Phi) is 3.06. The number of rotatable bonds is 2. The summed E-state index contributed by atoms with van der Waals surface area (Å²) in [5.41, 5.74) is 1.85. The van der Waals surface area contributed by atoms with E-state index in [0.717, 1.165) is 10.2 Å². The number of benzene rings is 1. The molecule has 7 heteroatoms. The summed E-state index contributed by atoms with van der Waals surface area (Å²) in [6, 6.07) is 11.2. The molecule has 1 N–H and O–H groups in total. The van der Waals surface area contributed by atoms with Crippen molar-refractivity contribution in [1.29, 1.82) is 0 Å². The monoisotopic (exact) mass is 328 g/mol. The van der Waals surface area contributed by atoms with Crippen LogP contribution in [-0.4, -0.2) is 20.3 Å². The first kappa shape index (κ1) is 13.2. The lowest BCUT2D eigenvalue weighted by atomic mass is 10.3. The molecule has 22 heavy (non-hydrogen) atoms. The van der Waals surface area contributed by atoms with Gasteiger partial charge in [0.2, 0.25) is 0 Å². The van der Waals surface area contributed by atoms with E-state index < -0.39 is 0 Å². The van der Waals surface area contributed by atoms with Crippen LogP contribution in [-0.2, 0) is 0 Å². The van der Waals surface area contributed by atoms with Gasteiger partial charge in [0.1, 0.15) is 11.3 Å². The molecule has 1 aromatic carbocycles. The fraction of sp³-hybridized carbons (Fsp3) is 0. The first-order chi connectivity index (χ1) is 10.7. The third kappa shape index (κ3) is 2.32. The molecule has 0 atom stereocenters. The van der Waals surface area contributed by atoms with Crippen molar-refractivity contribution in [2.24, 2.45) is 0 Å². The van der Waals surface area contributed by atoms with Gasteiger partial charge in [-0.1, -0.05) is 35.1 Å². The van der Waals surface area contributed by atoms with Crippen molar-refractivity contribution in [3.8, 4) is 0 Å². The van der Waals surface area contributed by atoms with Crippen LogP contribution in [0, 0.1) is 0 Å². The molecule has 4 aromatic rings. The number of imidazole rings is 1. The lowest BCUT2D eigenvalue weighted by molar-refractivity contribution is 0.102. The fourth-order valence-electron chi connectivity index (χ4n) is 2.16. The Bertz CT molecular complexity index is 974. The molecule has 0 saturated heterocycles. The molecule has 108 valence electrons. The summed E-state index contributed by atoms with van der Waals surface area (Å²) in [7, 11) is 0. The van der Waals surface area contributed by atoms with Crippen LogP contribution in [0.3, 0.4) is 0 Å². The first-order valence-electron chi connectivity index (χ1n) is 6.50. The van der Waals surface area contributed by atoms with Gasteiger partial charge in [-0.25, -0.2) is 9.97 Å². The maximum absolute atomic E-state index is 12.3. The molecular weight excluding hydrogens is 320 g/mol. The second kappa shape index (κ2) is 5.08. The van der Waals surface area contributed by atoms with E-state index in [4.69, 9.17) is 11.6 Å². The number of thiazole rings is 1. The maximum atomic E-state index is 12.3. The molecule has 0 fully saturated rings. The number of nitrogens with zero attached hydrogens (tertiary/aromatic N) is 3. The topological polar surface area (TPSA) is 59.3 Å². The van der Waals surface area contributed by atoms with Gasteiger partial charge in [0.15, 0.2) is 5.13 Å². The van der Waals surface area contributed by atoms with E-state index in [0.29, 0.717) is 21.5 Å². The van der Waals surface area contributed by atoms with E-state index >= 15 is 0 Å². The van der Waals surface area contributed by atoms with Crippen LogP contribution >= 0.6 is 22.9 Å². The molecule has 0 aliphatic rings. The summed E-state index contributed by atoms with van der Waals surface area (Å²) in [6.45, 7) is 0. The summed E-state index contributed by atoms with van der Waals surface area (Å²) >= 11 is 7.36. The second-order valence-electron chi connectivity index (χ2n) is 4.68. The number of halogens is 1. The minimum absolute atomic E-state index is 0.293. The van der Waals surface area contributed by atoms with E-state index in [1.165, 1.54) is 11.3 Å². The van der Waals surface area contributed by atoms with Crippen molar-refractivity contribution >= 4 is 49.8 Å². The lowest BCUT2D eigenvalue weighted by Gasteiger charge is -1.96. The van der Waals surface area contributed by atoms with Gasteiger partial charge < -0.3 is 4.40 Å². The van der Waals surface area contributed by atoms with Gasteiger partial charge in [0.05, 0.1) is 15.2 Å². The number of carbonyl (C=O) groups is 1. The van der Waals surface area contributed by atoms with E-state index in [1.54, 1.807) is 28.9 Å². The molecule has 3 aromatic heterocycles. The van der Waals surface area contributed by atoms with Crippen LogP contribution < -0.4 is 5.32 Å². The fourth-order valence-corrected chi connectivity index (χ4v) is 3.19. The standard InChI is InChI=1S/C15H9ClN4OS/c16-9-5-6-13-17-11(8-20(13)7-9)14(21)19-15-18-10-3-1-2-4-12(10)22-15/h1-8H,(H,18,19,21). The van der Waals surface area contributed by atoms with Gasteiger partial charge in [-0.2, -0.15) is 0 Å². The minimum atomic E-state index is -0.293. The van der Waals surface area contributed by atoms with Gasteiger partial charge in [-0.3, -0.25) is 10.1 Å². The van der Waals surface area contributed by atoms with E-state index in [2.05, 4.69) is 15.3 Å². The Morgan fingerprint density at radius 3 is 2.86 bits per heavy atom. The summed E-state index contributed by atoms with van der Waals surface area (Å²) in [5, 5.41) is 3.93. The van der Waals surface area contributed by atoms with Crippen molar-refractivity contribution in [2.45, 2.75) is 0 Å². The number of aromatic nitrogens is 3. The number of fused-ring (bicyclic) bond motifs is 2. The molecule has 0 radical (unpaired) electrons. The third-order valence-corrected chi connectivity index (χ3v) is 4.34. The van der Waals surface area contributed by atoms with Gasteiger partial charge >= 0.3 is 0 Å². The first-order valence-corrected chi connectivity index (χ1v) is 7.70. The normalized spacial score (nSPS) is 11.1. The van der Waals surface area contributed by atoms with Crippen LogP contribution in [0.5, 0.6) is 0 Å². The molecule has 0 unspecified atom stereocenters. The van der Waals surface area contributed by atoms with E-state index in [-0.39, 0.29) is 5.91 Å². The lowest BCUT2D eigenvalue weighted by Crippen LogP contribution is -2.11. The number of carbonyl (C=O) groups excluding carboxylic acids is 1. The summed E-state index contributed by atoms with van der Waals surface area (Å²) in [6.07, 6.45) is 3.35. The van der Waals surface area contributed by atoms with Gasteiger partial charge in [0, 0.05) is 12.4 Å². The molecule has 3 heterocycles. The summed E-state index contributed by atoms with van der Waals surface area (Å²) in [4.78, 5) is 20.9. The largest absolute Gasteiger partial charge is 0.305 e. The average Bonchev–Trinajstić information content (AvgIpc) is 3.09. The summed E-state index contributed by atoms with van der Waals surface area (Å²) in [5.74, 6) is -0.293. The maximum Gasteiger partial charge on any atom is 0.277 e. The molecule has 5 nitrogen and oxygen atoms in total. The average molecular weight is 329 g/mol. The van der Waals surface area contributed by atoms with Crippen LogP contribution in [0.4, 0.5) is 5.13 Å². The molecule has 0 bridgehead atoms. The Morgan fingerprint density at radius 1 is 1.14 bits per heavy atom. The van der Waals surface area contributed by atoms with Gasteiger partial charge in [-0.15, -0.1) is 0 Å². The number of anilines is 1. The van der Waals surface area contributed by atoms with Crippen LogP contribution in [0.25, 0.3) is 15.9 Å². The van der Waals surface area contributed by atoms with E-state index in [1.807, 2.05) is 24.3 Å². The summed E-state index contributed by atoms with van der Waals surface area (Å²) < 4.78 is 2.75. The van der Waals surface area contributed by atoms with Crippen LogP contribution in [0.1, 0.15) is 10.5 Å². The van der Waals surface area contributed by atoms with Gasteiger partial charge in [0.25, 0.3) is 5.91 Å². The van der Waals surface area contributed by atoms with Crippen molar-refractivity contribution in [2.75, 3.05) is 5.32 Å². The molecular formula is C15H9ClN4OS. The Morgan fingerprint density at radius 2 is 2.00 bits per heavy atom. The number of pyridine rings is 1. The quantitative estimate of drug-likeness (QED) is 0.608. The highest BCUT2D eigenvalue weighted by molar-refractivity contribution is 7.22. The number of hydrogen-bond donors (Lipinski definition) is 1. The molecule has 4 rings (SSSR count). The zero-order valence-electron chi connectivity index (χ0n) is 11.2. The van der Waals surface area contributed by atoms with Crippen molar-refractivity contribution in [1.82, 2.24) is 14.4 Å². The number of para-hydroxylation sites is 1. The zero-order valence-corrected chi connectivity index (χ0v) is 12.7. The van der Waals surface area contributed by atoms with Crippen LogP contribution in [0.2, 0.25) is 5.02 Å². The molecule has 0 saturated carbocycles. The predicted molar refractivity (Wildman–Crippen MR) is 87.8 cm³/mol. The Balaban J connectivity index is 1.65. The van der Waals surface area contributed by atoms with E-state index in [9.17, 15) is 4.79 Å². The highest BCUT2D eigenvalue weighted by atomic mass is 35.5. The molecule has 0 aliphatic heterocycles. The number of hydrogen-bond acceptors (Lipinski definition) is 4. The highest BCUT2D eigenvalue weighted by Gasteiger charge is 2.13. The third-order valence-electron chi connectivity index (χ3n) is 3.16. The van der Waals surface area contributed by atoms with Crippen molar-refractivity contribution < 1.29 is 4.79 Å². The van der Waals surface area contributed by atoms with Crippen molar-refractivity contribution in [3.63, 3.8) is 0 Å². The Labute approximate surface area is 134 Å². The highest BCUT2D eigenvalue weighted by Crippen LogP contribution is 2.25. The number of amides is 1. The predicted octanol–water partition coefficient (Wildman–Crippen LogP) is 3.85. The smallest absolute Gasteiger partial charge is 0.277 e. The van der Waals surface area contributed by atoms with Crippen LogP contribution in [0.15, 0.2) is 48.8 Å². The van der Waals surface area contributed by atoms with Gasteiger partial charge in [-0.05, 0) is 24.3 Å². The molecule has 1 amide bonds. The zero-order chi connectivity index (χ0) is 15.1. The minimum Gasteiger partial charge on any atom is -0.305 e. The molecule has 0 spiro atoms. The van der Waals surface area contributed by atoms with Crippen molar-refractivity contribution in [3.05, 3.63) is 59.5 Å².